The fraction of sp³-hybridized carbons (Fsp3) is 0.400. The maximum absolute atomic E-state index is 14.0. The van der Waals surface area contributed by atoms with Crippen LogP contribution in [0.25, 0.3) is 0 Å². The van der Waals surface area contributed by atoms with Gasteiger partial charge >= 0.3 is 181 Å². The van der Waals surface area contributed by atoms with Crippen LogP contribution in [0.5, 0.6) is 5.75 Å². The number of ether oxygens (including phenoxy) is 1. The monoisotopic (exact) mass is 548 g/mol. The molecule has 0 amide bonds. The molecule has 0 aliphatic heterocycles. The van der Waals surface area contributed by atoms with Crippen molar-refractivity contribution in [2.45, 2.75) is 36.0 Å². The Labute approximate surface area is 180 Å². The number of aliphatic hydroxyl groups is 1. The first-order valence-electron chi connectivity index (χ1n) is 8.76. The van der Waals surface area contributed by atoms with Crippen molar-refractivity contribution in [2.24, 2.45) is 0 Å². The van der Waals surface area contributed by atoms with Gasteiger partial charge in [-0.3, -0.25) is 0 Å². The molecular formula is C20H21F6INO2-. The van der Waals surface area contributed by atoms with Crippen molar-refractivity contribution in [3.8, 4) is 5.75 Å². The molecule has 0 saturated carbocycles. The van der Waals surface area contributed by atoms with Crippen LogP contribution in [0.4, 0.5) is 32.0 Å². The number of halogens is 7. The molecule has 0 fully saturated rings. The van der Waals surface area contributed by atoms with Crippen molar-refractivity contribution in [3.63, 3.8) is 0 Å². The van der Waals surface area contributed by atoms with E-state index in [1.807, 2.05) is 13.0 Å². The first-order valence-corrected chi connectivity index (χ1v) is 12.0. The Morgan fingerprint density at radius 3 is 2.33 bits per heavy atom. The average molecular weight is 548 g/mol. The Bertz CT molecular complexity index is 836. The van der Waals surface area contributed by atoms with E-state index in [2.05, 4.69) is 4.74 Å². The number of alkyl halides is 8. The zero-order valence-corrected chi connectivity index (χ0v) is 18.3. The molecule has 2 aromatic carbocycles. The SMILES string of the molecule is C[I-]C(F)(F)[C@H](O)CN(Cc1cccc(OC(F)(F)C(F)F)c1)c1cccc(C)c1. The topological polar surface area (TPSA) is 32.7 Å². The zero-order chi connectivity index (χ0) is 22.5. The molecule has 0 unspecified atom stereocenters. The second kappa shape index (κ2) is 10.1. The summed E-state index contributed by atoms with van der Waals surface area (Å²) in [6.45, 7) is 1.38. The van der Waals surface area contributed by atoms with Gasteiger partial charge in [-0.2, -0.15) is 0 Å². The molecule has 10 heteroatoms. The second-order valence-corrected chi connectivity index (χ2v) is 9.09. The third kappa shape index (κ3) is 6.66. The van der Waals surface area contributed by atoms with Crippen molar-refractivity contribution < 1.29 is 57.4 Å². The predicted octanol–water partition coefficient (Wildman–Crippen LogP) is 1.91. The van der Waals surface area contributed by atoms with Crippen LogP contribution in [0.1, 0.15) is 11.1 Å². The Morgan fingerprint density at radius 2 is 1.73 bits per heavy atom. The van der Waals surface area contributed by atoms with E-state index in [1.54, 1.807) is 18.2 Å². The van der Waals surface area contributed by atoms with Crippen LogP contribution in [0.2, 0.25) is 0 Å². The van der Waals surface area contributed by atoms with E-state index in [4.69, 9.17) is 0 Å². The summed E-state index contributed by atoms with van der Waals surface area (Å²) in [4.78, 5) is 2.85. The Morgan fingerprint density at radius 1 is 1.07 bits per heavy atom. The van der Waals surface area contributed by atoms with Gasteiger partial charge in [0.15, 0.2) is 0 Å². The predicted molar refractivity (Wildman–Crippen MR) is 97.1 cm³/mol. The number of aliphatic hydroxyl groups excluding tert-OH is 1. The molecule has 168 valence electrons. The minimum absolute atomic E-state index is 0.0317. The molecule has 0 aromatic heterocycles. The van der Waals surface area contributed by atoms with Gasteiger partial charge in [0.25, 0.3) is 0 Å². The molecule has 3 nitrogen and oxygen atoms in total. The molecule has 0 aliphatic rings. The van der Waals surface area contributed by atoms with Gasteiger partial charge in [-0.15, -0.1) is 0 Å². The van der Waals surface area contributed by atoms with Crippen LogP contribution in [0, 0.1) is 6.92 Å². The fourth-order valence-corrected chi connectivity index (χ4v) is 3.57. The number of benzene rings is 2. The number of rotatable bonds is 10. The van der Waals surface area contributed by atoms with E-state index >= 15 is 0 Å². The molecule has 1 atom stereocenters. The summed E-state index contributed by atoms with van der Waals surface area (Å²) in [5, 5.41) is 10.1. The van der Waals surface area contributed by atoms with Gasteiger partial charge in [-0.25, -0.2) is 0 Å². The first kappa shape index (κ1) is 24.6. The van der Waals surface area contributed by atoms with Crippen LogP contribution < -0.4 is 30.8 Å². The Hall–Kier alpha value is -1.69. The van der Waals surface area contributed by atoms with Crippen molar-refractivity contribution >= 4 is 5.69 Å². The van der Waals surface area contributed by atoms with Gasteiger partial charge in [0, 0.05) is 0 Å². The van der Waals surface area contributed by atoms with E-state index in [-0.39, 0.29) is 6.54 Å². The molecular weight excluding hydrogens is 527 g/mol. The molecule has 0 saturated heterocycles. The van der Waals surface area contributed by atoms with Crippen molar-refractivity contribution in [1.82, 2.24) is 0 Å². The number of anilines is 1. The van der Waals surface area contributed by atoms with E-state index < -0.39 is 56.1 Å². The van der Waals surface area contributed by atoms with Crippen LogP contribution in [0.3, 0.4) is 0 Å². The van der Waals surface area contributed by atoms with Crippen LogP contribution in [-0.2, 0) is 6.54 Å². The van der Waals surface area contributed by atoms with Crippen molar-refractivity contribution in [2.75, 3.05) is 16.4 Å². The number of nitrogens with zero attached hydrogens (tertiary/aromatic N) is 1. The average Bonchev–Trinajstić information content (AvgIpc) is 2.67. The summed E-state index contributed by atoms with van der Waals surface area (Å²) in [6, 6.07) is 12.0. The van der Waals surface area contributed by atoms with E-state index in [0.717, 1.165) is 17.7 Å². The van der Waals surface area contributed by atoms with Gasteiger partial charge in [0.05, 0.1) is 0 Å². The minimum atomic E-state index is -4.65. The molecule has 0 heterocycles. The van der Waals surface area contributed by atoms with E-state index in [0.29, 0.717) is 11.3 Å². The van der Waals surface area contributed by atoms with Gasteiger partial charge < -0.3 is 0 Å². The zero-order valence-electron chi connectivity index (χ0n) is 16.1. The van der Waals surface area contributed by atoms with Gasteiger partial charge in [-0.05, 0) is 0 Å². The van der Waals surface area contributed by atoms with Crippen molar-refractivity contribution in [1.29, 1.82) is 0 Å². The summed E-state index contributed by atoms with van der Waals surface area (Å²) in [7, 11) is 0. The summed E-state index contributed by atoms with van der Waals surface area (Å²) in [5.74, 6) is -0.479. The number of hydrogen-bond donors (Lipinski definition) is 1. The van der Waals surface area contributed by atoms with Crippen molar-refractivity contribution in [3.05, 3.63) is 59.7 Å². The van der Waals surface area contributed by atoms with Gasteiger partial charge in [-0.1, -0.05) is 0 Å². The van der Waals surface area contributed by atoms with Crippen LogP contribution in [0.15, 0.2) is 48.5 Å². The maximum atomic E-state index is 14.0. The summed E-state index contributed by atoms with van der Waals surface area (Å²) >= 11 is -1.56. The molecule has 30 heavy (non-hydrogen) atoms. The third-order valence-electron chi connectivity index (χ3n) is 4.17. The van der Waals surface area contributed by atoms with Crippen LogP contribution >= 0.6 is 0 Å². The van der Waals surface area contributed by atoms with Gasteiger partial charge in [0.2, 0.25) is 0 Å². The Kier molecular flexibility index (Phi) is 8.26. The summed E-state index contributed by atoms with van der Waals surface area (Å²) in [6.07, 6.45) is -10.6. The number of hydrogen-bond acceptors (Lipinski definition) is 3. The standard InChI is InChI=1S/C20H21F6INO2/c1-13-5-3-7-15(9-13)28(12-17(29)19(23,24)27-2)11-14-6-4-8-16(10-14)30-20(25,26)18(21)22/h3-10,17-18,29H,11-12H2,1-2H3/q-1/t17-/m1/s1. The van der Waals surface area contributed by atoms with Gasteiger partial charge in [0.1, 0.15) is 0 Å². The molecule has 0 aliphatic carbocycles. The molecule has 0 bridgehead atoms. The number of aryl methyl sites for hydroxylation is 1. The fourth-order valence-electron chi connectivity index (χ4n) is 2.65. The van der Waals surface area contributed by atoms with E-state index in [1.165, 1.54) is 22.0 Å². The summed E-state index contributed by atoms with van der Waals surface area (Å²) in [5.41, 5.74) is 1.76. The summed E-state index contributed by atoms with van der Waals surface area (Å²) < 4.78 is 79.9. The molecule has 2 aromatic rings. The quantitative estimate of drug-likeness (QED) is 0.280. The Balaban J connectivity index is 2.29. The van der Waals surface area contributed by atoms with E-state index in [9.17, 15) is 31.4 Å². The molecule has 2 rings (SSSR count). The normalized spacial score (nSPS) is 13.5. The molecule has 0 radical (unpaired) electrons. The van der Waals surface area contributed by atoms with Crippen LogP contribution in [-0.4, -0.2) is 39.1 Å². The third-order valence-corrected chi connectivity index (χ3v) is 6.33. The molecule has 1 N–H and O–H groups in total. The second-order valence-electron chi connectivity index (χ2n) is 6.58. The molecule has 0 spiro atoms. The first-order chi connectivity index (χ1) is 13.9.